The zero-order valence-electron chi connectivity index (χ0n) is 14.1. The van der Waals surface area contributed by atoms with Crippen LogP contribution in [-0.4, -0.2) is 31.5 Å². The molecule has 0 heterocycles. The Morgan fingerprint density at radius 1 is 1.08 bits per heavy atom. The first-order chi connectivity index (χ1) is 11.5. The van der Waals surface area contributed by atoms with Crippen molar-refractivity contribution in [2.45, 2.75) is 13.5 Å². The van der Waals surface area contributed by atoms with Gasteiger partial charge in [-0.2, -0.15) is 5.26 Å². The standard InChI is InChI=1S/C19H20N2O3/c1-4-23-18-11-15(12-20)7-10-17(18)24-13-14-5-8-16(9-6-14)19(22)21(2)3/h5-11H,4,13H2,1-3H3. The molecule has 24 heavy (non-hydrogen) atoms. The lowest BCUT2D eigenvalue weighted by Gasteiger charge is -2.13. The number of nitrogens with zero attached hydrogens (tertiary/aromatic N) is 2. The highest BCUT2D eigenvalue weighted by Gasteiger charge is 2.09. The van der Waals surface area contributed by atoms with Crippen molar-refractivity contribution in [3.63, 3.8) is 0 Å². The van der Waals surface area contributed by atoms with Gasteiger partial charge < -0.3 is 14.4 Å². The second kappa shape index (κ2) is 8.02. The number of hydrogen-bond acceptors (Lipinski definition) is 4. The van der Waals surface area contributed by atoms with Crippen LogP contribution in [0.25, 0.3) is 0 Å². The van der Waals surface area contributed by atoms with E-state index in [-0.39, 0.29) is 5.91 Å². The summed E-state index contributed by atoms with van der Waals surface area (Å²) in [5, 5.41) is 8.96. The molecule has 0 atom stereocenters. The molecule has 2 aromatic rings. The number of ether oxygens (including phenoxy) is 2. The predicted molar refractivity (Wildman–Crippen MR) is 91.1 cm³/mol. The largest absolute Gasteiger partial charge is 0.490 e. The summed E-state index contributed by atoms with van der Waals surface area (Å²) in [4.78, 5) is 13.4. The van der Waals surface area contributed by atoms with Crippen LogP contribution in [0.5, 0.6) is 11.5 Å². The fraction of sp³-hybridized carbons (Fsp3) is 0.263. The lowest BCUT2D eigenvalue weighted by Crippen LogP contribution is -2.21. The number of amides is 1. The van der Waals surface area contributed by atoms with E-state index in [2.05, 4.69) is 6.07 Å². The van der Waals surface area contributed by atoms with Gasteiger partial charge in [0.2, 0.25) is 0 Å². The van der Waals surface area contributed by atoms with Gasteiger partial charge in [0.1, 0.15) is 6.61 Å². The average Bonchev–Trinajstić information content (AvgIpc) is 2.60. The van der Waals surface area contributed by atoms with Gasteiger partial charge in [-0.05, 0) is 36.8 Å². The van der Waals surface area contributed by atoms with Crippen molar-refractivity contribution in [3.8, 4) is 17.6 Å². The summed E-state index contributed by atoms with van der Waals surface area (Å²) in [6.07, 6.45) is 0. The smallest absolute Gasteiger partial charge is 0.253 e. The molecule has 0 aliphatic carbocycles. The van der Waals surface area contributed by atoms with Crippen molar-refractivity contribution in [2.24, 2.45) is 0 Å². The molecule has 0 aliphatic rings. The summed E-state index contributed by atoms with van der Waals surface area (Å²) >= 11 is 0. The molecule has 0 fully saturated rings. The molecule has 0 spiro atoms. The van der Waals surface area contributed by atoms with E-state index in [9.17, 15) is 4.79 Å². The zero-order chi connectivity index (χ0) is 17.5. The molecule has 0 aromatic heterocycles. The molecular formula is C19H20N2O3. The minimum absolute atomic E-state index is 0.0341. The van der Waals surface area contributed by atoms with Crippen LogP contribution in [0, 0.1) is 11.3 Å². The molecule has 0 unspecified atom stereocenters. The Balaban J connectivity index is 2.08. The quantitative estimate of drug-likeness (QED) is 0.818. The number of carbonyl (C=O) groups is 1. The van der Waals surface area contributed by atoms with Crippen LogP contribution in [0.15, 0.2) is 42.5 Å². The van der Waals surface area contributed by atoms with Gasteiger partial charge in [0.25, 0.3) is 5.91 Å². The number of benzene rings is 2. The highest BCUT2D eigenvalue weighted by Crippen LogP contribution is 2.29. The summed E-state index contributed by atoms with van der Waals surface area (Å²) in [5.74, 6) is 1.11. The van der Waals surface area contributed by atoms with Crippen LogP contribution in [-0.2, 0) is 6.61 Å². The predicted octanol–water partition coefficient (Wildman–Crippen LogP) is 3.24. The van der Waals surface area contributed by atoms with Gasteiger partial charge in [-0.3, -0.25) is 4.79 Å². The zero-order valence-corrected chi connectivity index (χ0v) is 14.1. The second-order valence-corrected chi connectivity index (χ2v) is 5.39. The van der Waals surface area contributed by atoms with Crippen LogP contribution in [0.4, 0.5) is 0 Å². The van der Waals surface area contributed by atoms with Gasteiger partial charge in [0.05, 0.1) is 18.2 Å². The second-order valence-electron chi connectivity index (χ2n) is 5.39. The molecular weight excluding hydrogens is 304 g/mol. The van der Waals surface area contributed by atoms with Crippen LogP contribution in [0.2, 0.25) is 0 Å². The molecule has 124 valence electrons. The molecule has 1 amide bonds. The van der Waals surface area contributed by atoms with Gasteiger partial charge >= 0.3 is 0 Å². The lowest BCUT2D eigenvalue weighted by molar-refractivity contribution is 0.0827. The van der Waals surface area contributed by atoms with E-state index in [1.54, 1.807) is 44.4 Å². The van der Waals surface area contributed by atoms with Gasteiger partial charge in [-0.25, -0.2) is 0 Å². The molecule has 0 radical (unpaired) electrons. The molecule has 0 saturated heterocycles. The third kappa shape index (κ3) is 4.26. The van der Waals surface area contributed by atoms with E-state index in [1.165, 1.54) is 4.90 Å². The maximum Gasteiger partial charge on any atom is 0.253 e. The fourth-order valence-corrected chi connectivity index (χ4v) is 2.13. The molecule has 0 saturated carbocycles. The van der Waals surface area contributed by atoms with Crippen molar-refractivity contribution >= 4 is 5.91 Å². The number of nitriles is 1. The topological polar surface area (TPSA) is 62.6 Å². The van der Waals surface area contributed by atoms with Gasteiger partial charge in [-0.1, -0.05) is 12.1 Å². The third-order valence-corrected chi connectivity index (χ3v) is 3.37. The molecule has 0 aliphatic heterocycles. The first-order valence-electron chi connectivity index (χ1n) is 7.65. The molecule has 5 nitrogen and oxygen atoms in total. The van der Waals surface area contributed by atoms with Gasteiger partial charge in [0.15, 0.2) is 11.5 Å². The van der Waals surface area contributed by atoms with Crippen molar-refractivity contribution in [3.05, 3.63) is 59.2 Å². The Labute approximate surface area is 142 Å². The number of carbonyl (C=O) groups excluding carboxylic acids is 1. The highest BCUT2D eigenvalue weighted by atomic mass is 16.5. The first kappa shape index (κ1) is 17.4. The fourth-order valence-electron chi connectivity index (χ4n) is 2.13. The molecule has 0 N–H and O–H groups in total. The summed E-state index contributed by atoms with van der Waals surface area (Å²) < 4.78 is 11.3. The van der Waals surface area contributed by atoms with Crippen molar-refractivity contribution in [1.82, 2.24) is 4.90 Å². The monoisotopic (exact) mass is 324 g/mol. The van der Waals surface area contributed by atoms with Crippen LogP contribution < -0.4 is 9.47 Å². The van der Waals surface area contributed by atoms with E-state index in [0.29, 0.717) is 35.8 Å². The Morgan fingerprint density at radius 2 is 1.79 bits per heavy atom. The number of rotatable bonds is 6. The van der Waals surface area contributed by atoms with Crippen molar-refractivity contribution in [2.75, 3.05) is 20.7 Å². The van der Waals surface area contributed by atoms with E-state index in [1.807, 2.05) is 19.1 Å². The summed E-state index contributed by atoms with van der Waals surface area (Å²) in [6.45, 7) is 2.72. The Morgan fingerprint density at radius 3 is 2.38 bits per heavy atom. The van der Waals surface area contributed by atoms with Gasteiger partial charge in [0, 0.05) is 25.7 Å². The normalized spacial score (nSPS) is 9.92. The summed E-state index contributed by atoms with van der Waals surface area (Å²) in [7, 11) is 3.44. The van der Waals surface area contributed by atoms with E-state index in [0.717, 1.165) is 5.56 Å². The van der Waals surface area contributed by atoms with E-state index >= 15 is 0 Å². The molecule has 2 rings (SSSR count). The van der Waals surface area contributed by atoms with Crippen LogP contribution in [0.1, 0.15) is 28.4 Å². The molecule has 5 heteroatoms. The Bertz CT molecular complexity index is 746. The van der Waals surface area contributed by atoms with Crippen LogP contribution >= 0.6 is 0 Å². The minimum Gasteiger partial charge on any atom is -0.490 e. The maximum absolute atomic E-state index is 11.9. The summed E-state index contributed by atoms with van der Waals surface area (Å²) in [6, 6.07) is 14.5. The third-order valence-electron chi connectivity index (χ3n) is 3.37. The van der Waals surface area contributed by atoms with Gasteiger partial charge in [-0.15, -0.1) is 0 Å². The minimum atomic E-state index is -0.0341. The van der Waals surface area contributed by atoms with E-state index < -0.39 is 0 Å². The maximum atomic E-state index is 11.9. The molecule has 0 bridgehead atoms. The van der Waals surface area contributed by atoms with Crippen LogP contribution in [0.3, 0.4) is 0 Å². The Hall–Kier alpha value is -3.00. The van der Waals surface area contributed by atoms with Crippen molar-refractivity contribution < 1.29 is 14.3 Å². The highest BCUT2D eigenvalue weighted by molar-refractivity contribution is 5.93. The first-order valence-corrected chi connectivity index (χ1v) is 7.65. The Kier molecular flexibility index (Phi) is 5.80. The molecule has 2 aromatic carbocycles. The number of hydrogen-bond donors (Lipinski definition) is 0. The SMILES string of the molecule is CCOc1cc(C#N)ccc1OCc1ccc(C(=O)N(C)C)cc1. The lowest BCUT2D eigenvalue weighted by atomic mass is 10.1. The average molecular weight is 324 g/mol. The van der Waals surface area contributed by atoms with Crippen molar-refractivity contribution in [1.29, 1.82) is 5.26 Å². The summed E-state index contributed by atoms with van der Waals surface area (Å²) in [5.41, 5.74) is 2.10. The van der Waals surface area contributed by atoms with E-state index in [4.69, 9.17) is 14.7 Å².